The topological polar surface area (TPSA) is 81.7 Å². The summed E-state index contributed by atoms with van der Waals surface area (Å²) in [6, 6.07) is 0. The second-order valence-corrected chi connectivity index (χ2v) is 8.65. The Bertz CT molecular complexity index is 547. The maximum atomic E-state index is 13.1. The van der Waals surface area contributed by atoms with Crippen LogP contribution < -0.4 is 0 Å². The summed E-state index contributed by atoms with van der Waals surface area (Å²) >= 11 is 0. The van der Waals surface area contributed by atoms with Gasteiger partial charge in [-0.15, -0.1) is 0 Å². The van der Waals surface area contributed by atoms with E-state index in [1.165, 1.54) is 0 Å². The zero-order valence-electron chi connectivity index (χ0n) is 19.8. The van der Waals surface area contributed by atoms with Crippen molar-refractivity contribution in [1.29, 1.82) is 0 Å². The second kappa shape index (κ2) is 12.0. The van der Waals surface area contributed by atoms with E-state index in [0.717, 1.165) is 0 Å². The molecule has 0 radical (unpaired) electrons. The molecule has 1 saturated carbocycles. The van der Waals surface area contributed by atoms with E-state index in [0.29, 0.717) is 72.2 Å². The van der Waals surface area contributed by atoms with E-state index < -0.39 is 29.2 Å². The van der Waals surface area contributed by atoms with Crippen LogP contribution in [0, 0.1) is 5.41 Å². The number of rotatable bonds is 12. The first-order valence-corrected chi connectivity index (χ1v) is 11.4. The lowest BCUT2D eigenvalue weighted by atomic mass is 9.86. The van der Waals surface area contributed by atoms with E-state index in [4.69, 9.17) is 33.2 Å². The number of halogens is 2. The fourth-order valence-electron chi connectivity index (χ4n) is 3.71. The van der Waals surface area contributed by atoms with Gasteiger partial charge in [0.05, 0.1) is 31.8 Å². The molecule has 2 atom stereocenters. The molecular formula is C22H38F2O8. The van der Waals surface area contributed by atoms with Gasteiger partial charge in [0, 0.05) is 33.0 Å². The first kappa shape index (κ1) is 27.3. The van der Waals surface area contributed by atoms with Gasteiger partial charge in [0.25, 0.3) is 0 Å². The van der Waals surface area contributed by atoms with Gasteiger partial charge in [-0.25, -0.2) is 4.79 Å². The van der Waals surface area contributed by atoms with Crippen molar-refractivity contribution in [3.8, 4) is 0 Å². The summed E-state index contributed by atoms with van der Waals surface area (Å²) in [7, 11) is 0. The van der Waals surface area contributed by atoms with Crippen LogP contribution in [-0.2, 0) is 38.0 Å². The summed E-state index contributed by atoms with van der Waals surface area (Å²) in [5, 5.41) is 0. The van der Waals surface area contributed by atoms with Crippen LogP contribution in [0.15, 0.2) is 0 Å². The first-order valence-electron chi connectivity index (χ1n) is 11.4. The summed E-state index contributed by atoms with van der Waals surface area (Å²) < 4.78 is 66.1. The van der Waals surface area contributed by atoms with Crippen LogP contribution in [0.3, 0.4) is 0 Å². The summed E-state index contributed by atoms with van der Waals surface area (Å²) in [5.41, 5.74) is -0.546. The standard InChI is InChI=1S/C22H38F2O8/c1-6-26-16(3)28-12-21(13-29-17(4)27-7-2)14-30-22(31-15-21)10-8-18(9-11-22)32-19(25)20(5,23)24/h16-18H,6-15H2,1-5H3. The molecule has 8 nitrogen and oxygen atoms in total. The predicted octanol–water partition coefficient (Wildman–Crippen LogP) is 3.66. The molecular weight excluding hydrogens is 430 g/mol. The van der Waals surface area contributed by atoms with E-state index >= 15 is 0 Å². The third-order valence-electron chi connectivity index (χ3n) is 5.66. The van der Waals surface area contributed by atoms with Crippen LogP contribution in [0.25, 0.3) is 0 Å². The van der Waals surface area contributed by atoms with Gasteiger partial charge in [-0.2, -0.15) is 8.78 Å². The Morgan fingerprint density at radius 1 is 0.969 bits per heavy atom. The summed E-state index contributed by atoms with van der Waals surface area (Å²) in [4.78, 5) is 11.4. The number of ether oxygens (including phenoxy) is 7. The highest BCUT2D eigenvalue weighted by atomic mass is 19.3. The Labute approximate surface area is 189 Å². The number of carbonyl (C=O) groups is 1. The Morgan fingerprint density at radius 2 is 1.44 bits per heavy atom. The molecule has 188 valence electrons. The van der Waals surface area contributed by atoms with E-state index in [-0.39, 0.29) is 12.6 Å². The van der Waals surface area contributed by atoms with Gasteiger partial charge in [0.1, 0.15) is 6.10 Å². The lowest BCUT2D eigenvalue weighted by Gasteiger charge is -2.48. The average molecular weight is 469 g/mol. The van der Waals surface area contributed by atoms with Crippen molar-refractivity contribution in [2.24, 2.45) is 5.41 Å². The molecule has 0 aromatic rings. The monoisotopic (exact) mass is 468 g/mol. The van der Waals surface area contributed by atoms with Gasteiger partial charge in [0.2, 0.25) is 0 Å². The van der Waals surface area contributed by atoms with Gasteiger partial charge in [-0.3, -0.25) is 0 Å². The molecule has 0 N–H and O–H groups in total. The van der Waals surface area contributed by atoms with Gasteiger partial charge >= 0.3 is 11.9 Å². The van der Waals surface area contributed by atoms with Gasteiger partial charge in [-0.05, 0) is 40.5 Å². The number of hydrogen-bond acceptors (Lipinski definition) is 8. The average Bonchev–Trinajstić information content (AvgIpc) is 2.74. The zero-order chi connectivity index (χ0) is 23.8. The highest BCUT2D eigenvalue weighted by Gasteiger charge is 2.48. The number of hydrogen-bond donors (Lipinski definition) is 0. The third kappa shape index (κ3) is 8.14. The molecule has 2 rings (SSSR count). The van der Waals surface area contributed by atoms with Crippen LogP contribution in [0.2, 0.25) is 0 Å². The fraction of sp³-hybridized carbons (Fsp3) is 0.955. The van der Waals surface area contributed by atoms with E-state index in [2.05, 4.69) is 0 Å². The summed E-state index contributed by atoms with van der Waals surface area (Å²) in [6.07, 6.45) is 0.363. The molecule has 0 amide bonds. The van der Waals surface area contributed by atoms with Gasteiger partial charge < -0.3 is 33.2 Å². The van der Waals surface area contributed by atoms with Crippen LogP contribution in [-0.4, -0.2) is 76.0 Å². The van der Waals surface area contributed by atoms with E-state index in [9.17, 15) is 13.6 Å². The highest BCUT2D eigenvalue weighted by Crippen LogP contribution is 2.41. The molecule has 2 fully saturated rings. The van der Waals surface area contributed by atoms with Crippen LogP contribution in [0.1, 0.15) is 60.3 Å². The first-order chi connectivity index (χ1) is 15.0. The molecule has 32 heavy (non-hydrogen) atoms. The second-order valence-electron chi connectivity index (χ2n) is 8.65. The molecule has 0 bridgehead atoms. The molecule has 1 spiro atoms. The smallest absolute Gasteiger partial charge is 0.376 e. The Kier molecular flexibility index (Phi) is 10.2. The maximum Gasteiger partial charge on any atom is 0.376 e. The minimum Gasteiger partial charge on any atom is -0.458 e. The molecule has 2 unspecified atom stereocenters. The number of alkyl halides is 2. The molecule has 1 aliphatic carbocycles. The zero-order valence-corrected chi connectivity index (χ0v) is 19.8. The fourth-order valence-corrected chi connectivity index (χ4v) is 3.71. The van der Waals surface area contributed by atoms with Crippen molar-refractivity contribution < 1.29 is 46.7 Å². The van der Waals surface area contributed by atoms with Crippen molar-refractivity contribution >= 4 is 5.97 Å². The lowest BCUT2D eigenvalue weighted by molar-refractivity contribution is -0.336. The van der Waals surface area contributed by atoms with Crippen LogP contribution >= 0.6 is 0 Å². The van der Waals surface area contributed by atoms with Crippen LogP contribution in [0.4, 0.5) is 8.78 Å². The van der Waals surface area contributed by atoms with Gasteiger partial charge in [-0.1, -0.05) is 0 Å². The molecule has 2 aliphatic rings. The Balaban J connectivity index is 1.91. The van der Waals surface area contributed by atoms with Crippen molar-refractivity contribution in [3.05, 3.63) is 0 Å². The molecule has 0 aromatic carbocycles. The molecule has 1 saturated heterocycles. The molecule has 0 aromatic heterocycles. The quantitative estimate of drug-likeness (QED) is 0.317. The van der Waals surface area contributed by atoms with Gasteiger partial charge in [0.15, 0.2) is 18.4 Å². The number of carbonyl (C=O) groups excluding carboxylic acids is 1. The maximum absolute atomic E-state index is 13.1. The lowest BCUT2D eigenvalue weighted by Crippen LogP contribution is -2.55. The highest BCUT2D eigenvalue weighted by molar-refractivity contribution is 5.77. The Hall–Kier alpha value is -0.910. The normalized spacial score (nSPS) is 30.8. The molecule has 1 heterocycles. The minimum atomic E-state index is -3.50. The summed E-state index contributed by atoms with van der Waals surface area (Å²) in [6.45, 7) is 10.4. The van der Waals surface area contributed by atoms with Crippen molar-refractivity contribution in [2.45, 2.75) is 90.7 Å². The largest absolute Gasteiger partial charge is 0.458 e. The van der Waals surface area contributed by atoms with E-state index in [1.807, 2.05) is 27.7 Å². The molecule has 10 heteroatoms. The van der Waals surface area contributed by atoms with Crippen molar-refractivity contribution in [1.82, 2.24) is 0 Å². The van der Waals surface area contributed by atoms with Crippen molar-refractivity contribution in [2.75, 3.05) is 39.6 Å². The Morgan fingerprint density at radius 3 is 1.84 bits per heavy atom. The minimum absolute atomic E-state index is 0.314. The van der Waals surface area contributed by atoms with Crippen molar-refractivity contribution in [3.63, 3.8) is 0 Å². The summed E-state index contributed by atoms with van der Waals surface area (Å²) in [5.74, 6) is -5.81. The number of esters is 1. The van der Waals surface area contributed by atoms with E-state index in [1.54, 1.807) is 0 Å². The van der Waals surface area contributed by atoms with Crippen LogP contribution in [0.5, 0.6) is 0 Å². The SMILES string of the molecule is CCOC(C)OCC1(COC(C)OCC)COC2(CCC(OC(=O)C(C)(F)F)CC2)OC1. The molecule has 1 aliphatic heterocycles. The predicted molar refractivity (Wildman–Crippen MR) is 110 cm³/mol. The third-order valence-corrected chi connectivity index (χ3v) is 5.66.